The number of fused-ring (bicyclic) bond motifs is 5. The van der Waals surface area contributed by atoms with Crippen LogP contribution in [-0.2, 0) is 19.1 Å². The van der Waals surface area contributed by atoms with Gasteiger partial charge < -0.3 is 44.6 Å². The number of methoxy groups -OCH3 is 2. The van der Waals surface area contributed by atoms with E-state index in [9.17, 15) is 19.2 Å². The van der Waals surface area contributed by atoms with Crippen molar-refractivity contribution < 1.29 is 37.8 Å². The molecule has 3 aliphatic rings. The molecule has 2 fully saturated rings. The molecule has 70 heavy (non-hydrogen) atoms. The number of benzene rings is 2. The lowest BCUT2D eigenvalue weighted by Gasteiger charge is -2.30. The van der Waals surface area contributed by atoms with E-state index in [4.69, 9.17) is 19.2 Å². The highest BCUT2D eigenvalue weighted by Gasteiger charge is 2.40. The minimum atomic E-state index is -0.773. The van der Waals surface area contributed by atoms with Crippen LogP contribution in [0.5, 0.6) is 5.75 Å². The number of rotatable bonds is 11. The fourth-order valence-electron chi connectivity index (χ4n) is 9.47. The molecule has 4 amide bonds. The van der Waals surface area contributed by atoms with Crippen LogP contribution in [0.25, 0.3) is 44.7 Å². The Hall–Kier alpha value is -5.36. The molecular weight excluding hydrogens is 996 g/mol. The van der Waals surface area contributed by atoms with E-state index in [1.54, 1.807) is 28.4 Å². The van der Waals surface area contributed by atoms with Gasteiger partial charge in [0.1, 0.15) is 35.3 Å². The quantitative estimate of drug-likeness (QED) is 0.0975. The number of alkyl carbamates (subject to hydrolysis) is 2. The molecular formula is C47H61FN10O7S5. The molecule has 9 rings (SSSR count). The van der Waals surface area contributed by atoms with Crippen molar-refractivity contribution in [3.63, 3.8) is 0 Å². The van der Waals surface area contributed by atoms with E-state index in [0.717, 1.165) is 51.3 Å². The van der Waals surface area contributed by atoms with Crippen molar-refractivity contribution in [2.24, 2.45) is 11.8 Å². The molecule has 7 heterocycles. The third kappa shape index (κ3) is 10.5. The van der Waals surface area contributed by atoms with Crippen LogP contribution in [0, 0.1) is 24.6 Å². The van der Waals surface area contributed by atoms with Gasteiger partial charge in [-0.1, -0.05) is 33.8 Å². The van der Waals surface area contributed by atoms with Gasteiger partial charge in [0, 0.05) is 35.8 Å². The van der Waals surface area contributed by atoms with E-state index in [1.807, 2.05) is 69.5 Å². The minimum absolute atomic E-state index is 0. The summed E-state index contributed by atoms with van der Waals surface area (Å²) in [5, 5.41) is 7.09. The van der Waals surface area contributed by atoms with Gasteiger partial charge in [0.2, 0.25) is 18.0 Å². The fraction of sp³-hybridized carbons (Fsp3) is 0.426. The van der Waals surface area contributed by atoms with Crippen LogP contribution in [-0.4, -0.2) is 103 Å². The summed E-state index contributed by atoms with van der Waals surface area (Å²) in [5.74, 6) is 0.353. The Kier molecular flexibility index (Phi) is 18.1. The molecule has 0 spiro atoms. The molecule has 6 aromatic rings. The second-order valence-corrected chi connectivity index (χ2v) is 19.0. The first kappa shape index (κ1) is 55.6. The van der Waals surface area contributed by atoms with Gasteiger partial charge in [-0.2, -0.15) is 54.0 Å². The topological polar surface area (TPSA) is 202 Å². The Morgan fingerprint density at radius 1 is 0.757 bits per heavy atom. The van der Waals surface area contributed by atoms with Gasteiger partial charge in [-0.3, -0.25) is 14.2 Å². The number of carbonyl (C=O) groups excluding carboxylic acids is 4. The maximum absolute atomic E-state index is 16.8. The number of halogens is 1. The molecule has 0 aliphatic carbocycles. The van der Waals surface area contributed by atoms with Crippen molar-refractivity contribution in [3.8, 4) is 39.5 Å². The summed E-state index contributed by atoms with van der Waals surface area (Å²) in [4.78, 5) is 76.9. The molecule has 4 aromatic heterocycles. The van der Waals surface area contributed by atoms with E-state index in [1.165, 1.54) is 31.6 Å². The predicted molar refractivity (Wildman–Crippen MR) is 285 cm³/mol. The van der Waals surface area contributed by atoms with E-state index >= 15 is 4.39 Å². The summed E-state index contributed by atoms with van der Waals surface area (Å²) >= 11 is 1.50. The number of nitrogens with one attached hydrogen (secondary N) is 4. The summed E-state index contributed by atoms with van der Waals surface area (Å²) in [5.41, 5.74) is 4.48. The second kappa shape index (κ2) is 22.8. The van der Waals surface area contributed by atoms with E-state index < -0.39 is 36.3 Å². The highest BCUT2D eigenvalue weighted by molar-refractivity contribution is 7.59. The first-order valence-electron chi connectivity index (χ1n) is 22.2. The molecule has 2 saturated heterocycles. The normalized spacial score (nSPS) is 17.8. The van der Waals surface area contributed by atoms with Crippen molar-refractivity contribution in [3.05, 3.63) is 82.3 Å². The van der Waals surface area contributed by atoms with Gasteiger partial charge >= 0.3 is 12.2 Å². The van der Waals surface area contributed by atoms with E-state index in [0.29, 0.717) is 59.4 Å². The van der Waals surface area contributed by atoms with Crippen molar-refractivity contribution in [1.82, 2.24) is 49.9 Å². The van der Waals surface area contributed by atoms with Gasteiger partial charge in [-0.15, -0.1) is 11.3 Å². The SMILES string of the molecule is COC(=O)N[C@H](C(=O)N1CCC[C@H]1c1ncc(-c2cc(F)c3c(c2)OC(c2cnc(C)s2)n2c-3cc3cc(-c4cnc([C@@H]5CCCN5C(=O)[C@@H](NC(=O)OC)C(C)C)[nH]4)ccc32)[nH]1)C(C)C.S.S.S.S. The van der Waals surface area contributed by atoms with Crippen LogP contribution in [0.3, 0.4) is 0 Å². The molecule has 378 valence electrons. The van der Waals surface area contributed by atoms with Crippen molar-refractivity contribution in [1.29, 1.82) is 0 Å². The Balaban J connectivity index is 0.00000228. The number of carbonyl (C=O) groups is 4. The maximum Gasteiger partial charge on any atom is 0.407 e. The molecule has 3 aliphatic heterocycles. The van der Waals surface area contributed by atoms with Crippen LogP contribution in [0.2, 0.25) is 0 Å². The Labute approximate surface area is 437 Å². The number of ether oxygens (including phenoxy) is 3. The van der Waals surface area contributed by atoms with Crippen molar-refractivity contribution >= 4 is 100 Å². The molecule has 5 atom stereocenters. The maximum atomic E-state index is 16.8. The summed E-state index contributed by atoms with van der Waals surface area (Å²) in [6.07, 6.45) is 6.16. The number of hydrogen-bond acceptors (Lipinski definition) is 11. The number of hydrogen-bond donors (Lipinski definition) is 4. The average Bonchev–Trinajstić information content (AvgIpc) is 4.16. The number of imidazole rings is 2. The Morgan fingerprint density at radius 3 is 1.80 bits per heavy atom. The standard InChI is InChI=1S/C47H53FN10O7S.4H2S/c1-23(2)39(54-46(61)63-6)43(59)56-14-8-10-33(56)41-50-20-30(52-41)26-12-13-32-28(16-26)18-35-38-29(48)17-27(19-36(38)65-45(58(32)35)37-22-49-25(5)66-37)31-21-51-42(53-31)34-11-9-15-57(34)44(60)40(24(3)4)55-47(62)64-7;;;;/h12-13,16-24,33-34,39-40,45H,8-11,14-15H2,1-7H3,(H,50,52)(H,51,53)(H,54,61)(H,55,62);4*1H2/t33-,34-,39-,40-,45?;;;;/m0..../s1. The van der Waals surface area contributed by atoms with Gasteiger partial charge in [-0.05, 0) is 74.8 Å². The number of aryl methyl sites for hydroxylation is 1. The number of aromatic amines is 2. The third-order valence-electron chi connectivity index (χ3n) is 12.8. The highest BCUT2D eigenvalue weighted by atomic mass is 32.1. The summed E-state index contributed by atoms with van der Waals surface area (Å²) in [6, 6.07) is 9.08. The molecule has 0 bridgehead atoms. The number of amides is 4. The average molecular weight is 1060 g/mol. The highest BCUT2D eigenvalue weighted by Crippen LogP contribution is 2.48. The van der Waals surface area contributed by atoms with E-state index in [-0.39, 0.29) is 89.7 Å². The predicted octanol–water partition coefficient (Wildman–Crippen LogP) is 8.47. The van der Waals surface area contributed by atoms with Crippen LogP contribution in [0.4, 0.5) is 14.0 Å². The zero-order valence-corrected chi connectivity index (χ0v) is 44.6. The lowest BCUT2D eigenvalue weighted by Crippen LogP contribution is -2.51. The largest absolute Gasteiger partial charge is 0.464 e. The zero-order valence-electron chi connectivity index (χ0n) is 39.8. The zero-order chi connectivity index (χ0) is 46.6. The van der Waals surface area contributed by atoms with Crippen LogP contribution in [0.15, 0.2) is 55.0 Å². The fourth-order valence-corrected chi connectivity index (χ4v) is 10.3. The number of likely N-dealkylation sites (tertiary alicyclic amines) is 2. The third-order valence-corrected chi connectivity index (χ3v) is 13.7. The summed E-state index contributed by atoms with van der Waals surface area (Å²) < 4.78 is 35.1. The lowest BCUT2D eigenvalue weighted by atomic mass is 10.0. The van der Waals surface area contributed by atoms with Crippen LogP contribution in [0.1, 0.15) is 93.2 Å². The minimum Gasteiger partial charge on any atom is -0.464 e. The van der Waals surface area contributed by atoms with Gasteiger partial charge in [0.05, 0.1) is 76.7 Å². The van der Waals surface area contributed by atoms with Crippen LogP contribution < -0.4 is 15.4 Å². The Morgan fingerprint density at radius 2 is 1.30 bits per heavy atom. The smallest absolute Gasteiger partial charge is 0.407 e. The molecule has 2 aromatic carbocycles. The Bertz CT molecular complexity index is 2850. The summed E-state index contributed by atoms with van der Waals surface area (Å²) in [6.45, 7) is 10.5. The lowest BCUT2D eigenvalue weighted by molar-refractivity contribution is -0.136. The molecule has 1 unspecified atom stereocenters. The first-order valence-corrected chi connectivity index (χ1v) is 23.0. The second-order valence-electron chi connectivity index (χ2n) is 17.7. The van der Waals surface area contributed by atoms with E-state index in [2.05, 4.69) is 30.6 Å². The number of thiazole rings is 1. The first-order chi connectivity index (χ1) is 31.7. The monoisotopic (exact) mass is 1060 g/mol. The number of H-pyrrole nitrogens is 2. The van der Waals surface area contributed by atoms with Crippen LogP contribution >= 0.6 is 65.3 Å². The van der Waals surface area contributed by atoms with Gasteiger partial charge in [0.25, 0.3) is 0 Å². The number of nitrogens with zero attached hydrogens (tertiary/aromatic N) is 6. The van der Waals surface area contributed by atoms with Crippen molar-refractivity contribution in [2.75, 3.05) is 27.3 Å². The van der Waals surface area contributed by atoms with Gasteiger partial charge in [0.15, 0.2) is 0 Å². The van der Waals surface area contributed by atoms with Crippen molar-refractivity contribution in [2.45, 2.75) is 90.7 Å². The van der Waals surface area contributed by atoms with Gasteiger partial charge in [-0.25, -0.2) is 28.9 Å². The molecule has 0 radical (unpaired) electrons. The molecule has 23 heteroatoms. The number of aromatic nitrogens is 6. The molecule has 4 N–H and O–H groups in total. The molecule has 0 saturated carbocycles. The molecule has 17 nitrogen and oxygen atoms in total. The summed E-state index contributed by atoms with van der Waals surface area (Å²) in [7, 11) is 2.54.